The fourth-order valence-electron chi connectivity index (χ4n) is 1.87. The van der Waals surface area contributed by atoms with Crippen LogP contribution in [0.3, 0.4) is 0 Å². The van der Waals surface area contributed by atoms with Crippen LogP contribution in [0, 0.1) is 5.95 Å². The van der Waals surface area contributed by atoms with Crippen LogP contribution in [-0.2, 0) is 9.31 Å². The Hall–Kier alpha value is -1.40. The van der Waals surface area contributed by atoms with Gasteiger partial charge < -0.3 is 14.0 Å². The Bertz CT molecular complexity index is 515. The molecule has 1 aromatic rings. The molecule has 1 aromatic heterocycles. The van der Waals surface area contributed by atoms with Gasteiger partial charge in [-0.3, -0.25) is 0 Å². The first-order valence-electron chi connectivity index (χ1n) is 6.48. The molecule has 1 aliphatic rings. The Kier molecular flexibility index (Phi) is 3.89. The molecule has 2 heterocycles. The van der Waals surface area contributed by atoms with E-state index in [4.69, 9.17) is 14.0 Å². The SMILES string of the molecule is COc1cc(F)ncc1/C=C/B1OC(C)(C)C(C)(C)O1. The van der Waals surface area contributed by atoms with E-state index in [0.717, 1.165) is 0 Å². The Morgan fingerprint density at radius 2 is 1.85 bits per heavy atom. The number of methoxy groups -OCH3 is 1. The van der Waals surface area contributed by atoms with Crippen LogP contribution in [0.5, 0.6) is 5.75 Å². The normalized spacial score (nSPS) is 20.6. The molecule has 0 unspecified atom stereocenters. The third-order valence-electron chi connectivity index (χ3n) is 3.79. The summed E-state index contributed by atoms with van der Waals surface area (Å²) in [6, 6.07) is 1.24. The van der Waals surface area contributed by atoms with Gasteiger partial charge >= 0.3 is 7.12 Å². The maximum atomic E-state index is 13.0. The largest absolute Gasteiger partial charge is 0.496 e. The van der Waals surface area contributed by atoms with E-state index in [1.807, 2.05) is 27.7 Å². The smallest absolute Gasteiger partial charge is 0.487 e. The number of rotatable bonds is 3. The van der Waals surface area contributed by atoms with Crippen molar-refractivity contribution in [3.05, 3.63) is 29.7 Å². The fourth-order valence-corrected chi connectivity index (χ4v) is 1.87. The van der Waals surface area contributed by atoms with Crippen LogP contribution >= 0.6 is 0 Å². The summed E-state index contributed by atoms with van der Waals surface area (Å²) in [6.45, 7) is 7.95. The number of hydrogen-bond donors (Lipinski definition) is 0. The van der Waals surface area contributed by atoms with Gasteiger partial charge in [-0.2, -0.15) is 4.39 Å². The highest BCUT2D eigenvalue weighted by atomic mass is 19.1. The van der Waals surface area contributed by atoms with Gasteiger partial charge in [0.05, 0.1) is 18.3 Å². The highest BCUT2D eigenvalue weighted by molar-refractivity contribution is 6.52. The number of nitrogens with zero attached hydrogens (tertiary/aromatic N) is 1. The molecular formula is C14H19BFNO3. The fraction of sp³-hybridized carbons (Fsp3) is 0.500. The third-order valence-corrected chi connectivity index (χ3v) is 3.79. The monoisotopic (exact) mass is 279 g/mol. The van der Waals surface area contributed by atoms with E-state index >= 15 is 0 Å². The molecule has 0 amide bonds. The Morgan fingerprint density at radius 1 is 1.25 bits per heavy atom. The first-order valence-corrected chi connectivity index (χ1v) is 6.48. The van der Waals surface area contributed by atoms with Gasteiger partial charge in [0.1, 0.15) is 5.75 Å². The Labute approximate surface area is 119 Å². The average molecular weight is 279 g/mol. The van der Waals surface area contributed by atoms with Crippen molar-refractivity contribution in [3.8, 4) is 5.75 Å². The number of ether oxygens (including phenoxy) is 1. The van der Waals surface area contributed by atoms with E-state index < -0.39 is 13.1 Å². The van der Waals surface area contributed by atoms with E-state index in [-0.39, 0.29) is 11.2 Å². The summed E-state index contributed by atoms with van der Waals surface area (Å²) < 4.78 is 29.8. The first kappa shape index (κ1) is 15.0. The van der Waals surface area contributed by atoms with Gasteiger partial charge in [0, 0.05) is 17.8 Å². The van der Waals surface area contributed by atoms with Crippen molar-refractivity contribution < 1.29 is 18.4 Å². The van der Waals surface area contributed by atoms with Crippen LogP contribution in [0.15, 0.2) is 18.2 Å². The second-order valence-electron chi connectivity index (χ2n) is 5.73. The summed E-state index contributed by atoms with van der Waals surface area (Å²) in [5, 5.41) is 0. The first-order chi connectivity index (χ1) is 9.25. The van der Waals surface area contributed by atoms with Crippen LogP contribution in [0.25, 0.3) is 6.08 Å². The highest BCUT2D eigenvalue weighted by Crippen LogP contribution is 2.37. The molecule has 0 aliphatic carbocycles. The van der Waals surface area contributed by atoms with Crippen LogP contribution in [-0.4, -0.2) is 30.4 Å². The molecule has 4 nitrogen and oxygen atoms in total. The summed E-state index contributed by atoms with van der Waals surface area (Å²) >= 11 is 0. The zero-order valence-corrected chi connectivity index (χ0v) is 12.4. The molecule has 0 radical (unpaired) electrons. The van der Waals surface area contributed by atoms with E-state index in [1.54, 1.807) is 12.1 Å². The molecule has 0 saturated carbocycles. The van der Waals surface area contributed by atoms with Crippen molar-refractivity contribution in [1.82, 2.24) is 4.98 Å². The van der Waals surface area contributed by atoms with E-state index in [0.29, 0.717) is 11.3 Å². The molecule has 1 fully saturated rings. The number of halogens is 1. The highest BCUT2D eigenvalue weighted by Gasteiger charge is 2.50. The summed E-state index contributed by atoms with van der Waals surface area (Å²) in [4.78, 5) is 3.61. The molecule has 0 bridgehead atoms. The molecule has 0 aromatic carbocycles. The van der Waals surface area contributed by atoms with Crippen molar-refractivity contribution in [2.75, 3.05) is 7.11 Å². The second-order valence-corrected chi connectivity index (χ2v) is 5.73. The average Bonchev–Trinajstić information content (AvgIpc) is 2.56. The number of aromatic nitrogens is 1. The molecule has 108 valence electrons. The lowest BCUT2D eigenvalue weighted by molar-refractivity contribution is 0.00578. The van der Waals surface area contributed by atoms with Gasteiger partial charge in [-0.25, -0.2) is 4.98 Å². The molecule has 0 spiro atoms. The minimum Gasteiger partial charge on any atom is -0.496 e. The van der Waals surface area contributed by atoms with Crippen LogP contribution in [0.2, 0.25) is 0 Å². The van der Waals surface area contributed by atoms with E-state index in [1.165, 1.54) is 19.4 Å². The molecule has 0 N–H and O–H groups in total. The van der Waals surface area contributed by atoms with Crippen molar-refractivity contribution in [1.29, 1.82) is 0 Å². The van der Waals surface area contributed by atoms with Gasteiger partial charge in [0.15, 0.2) is 0 Å². The van der Waals surface area contributed by atoms with E-state index in [2.05, 4.69) is 4.98 Å². The molecule has 2 rings (SSSR count). The lowest BCUT2D eigenvalue weighted by Crippen LogP contribution is -2.41. The summed E-state index contributed by atoms with van der Waals surface area (Å²) in [6.07, 6.45) is 3.17. The molecule has 0 atom stereocenters. The standard InChI is InChI=1S/C14H19BFNO3/c1-13(2)14(3,4)20-15(19-13)7-6-10-9-17-12(16)8-11(10)18-5/h6-9H,1-5H3/b7-6+. The maximum Gasteiger partial charge on any atom is 0.487 e. The molecular weight excluding hydrogens is 260 g/mol. The Balaban J connectivity index is 2.16. The number of pyridine rings is 1. The maximum absolute atomic E-state index is 13.0. The molecule has 1 saturated heterocycles. The third kappa shape index (κ3) is 2.86. The lowest BCUT2D eigenvalue weighted by Gasteiger charge is -2.32. The predicted molar refractivity (Wildman–Crippen MR) is 75.9 cm³/mol. The van der Waals surface area contributed by atoms with Gasteiger partial charge in [-0.1, -0.05) is 12.1 Å². The molecule has 6 heteroatoms. The quantitative estimate of drug-likeness (QED) is 0.630. The molecule has 1 aliphatic heterocycles. The van der Waals surface area contributed by atoms with Crippen molar-refractivity contribution >= 4 is 13.2 Å². The summed E-state index contributed by atoms with van der Waals surface area (Å²) in [5.41, 5.74) is -0.0936. The lowest BCUT2D eigenvalue weighted by atomic mass is 9.89. The number of hydrogen-bond acceptors (Lipinski definition) is 4. The Morgan fingerprint density at radius 3 is 2.40 bits per heavy atom. The zero-order valence-electron chi connectivity index (χ0n) is 12.4. The van der Waals surface area contributed by atoms with Crippen molar-refractivity contribution in [2.45, 2.75) is 38.9 Å². The van der Waals surface area contributed by atoms with Crippen LogP contribution < -0.4 is 4.74 Å². The van der Waals surface area contributed by atoms with Gasteiger partial charge in [0.25, 0.3) is 0 Å². The second kappa shape index (κ2) is 5.18. The predicted octanol–water partition coefficient (Wildman–Crippen LogP) is 2.87. The molecule has 20 heavy (non-hydrogen) atoms. The van der Waals surface area contributed by atoms with E-state index in [9.17, 15) is 4.39 Å². The summed E-state index contributed by atoms with van der Waals surface area (Å²) in [7, 11) is 1.04. The summed E-state index contributed by atoms with van der Waals surface area (Å²) in [5.74, 6) is 1.62. The van der Waals surface area contributed by atoms with Gasteiger partial charge in [-0.15, -0.1) is 0 Å². The van der Waals surface area contributed by atoms with Gasteiger partial charge in [0.2, 0.25) is 5.95 Å². The zero-order chi connectivity index (χ0) is 15.0. The van der Waals surface area contributed by atoms with Gasteiger partial charge in [-0.05, 0) is 27.7 Å². The van der Waals surface area contributed by atoms with Crippen LogP contribution in [0.1, 0.15) is 33.3 Å². The van der Waals surface area contributed by atoms with Crippen molar-refractivity contribution in [2.24, 2.45) is 0 Å². The minimum absolute atomic E-state index is 0.382. The van der Waals surface area contributed by atoms with Crippen LogP contribution in [0.4, 0.5) is 4.39 Å². The topological polar surface area (TPSA) is 40.6 Å². The van der Waals surface area contributed by atoms with Crippen molar-refractivity contribution in [3.63, 3.8) is 0 Å². The minimum atomic E-state index is -0.574.